The first-order valence-electron chi connectivity index (χ1n) is 8.71. The van der Waals surface area contributed by atoms with Crippen LogP contribution >= 0.6 is 11.8 Å². The van der Waals surface area contributed by atoms with E-state index in [1.54, 1.807) is 0 Å². The maximum Gasteiger partial charge on any atom is 0.240 e. The van der Waals surface area contributed by atoms with E-state index in [-0.39, 0.29) is 11.2 Å². The quantitative estimate of drug-likeness (QED) is 0.768. The Labute approximate surface area is 151 Å². The van der Waals surface area contributed by atoms with Crippen molar-refractivity contribution < 1.29 is 9.53 Å². The maximum atomic E-state index is 13.2. The highest BCUT2D eigenvalue weighted by molar-refractivity contribution is 8.00. The Bertz CT molecular complexity index is 739. The normalized spacial score (nSPS) is 19.0. The lowest BCUT2D eigenvalue weighted by Crippen LogP contribution is -2.42. The van der Waals surface area contributed by atoms with Gasteiger partial charge >= 0.3 is 0 Å². The van der Waals surface area contributed by atoms with Crippen LogP contribution in [0.2, 0.25) is 0 Å². The third-order valence-corrected chi connectivity index (χ3v) is 5.96. The molecule has 132 valence electrons. The fraction of sp³-hybridized carbons (Fsp3) is 0.500. The monoisotopic (exact) mass is 358 g/mol. The first kappa shape index (κ1) is 16.6. The van der Waals surface area contributed by atoms with E-state index in [4.69, 9.17) is 4.74 Å². The van der Waals surface area contributed by atoms with Crippen molar-refractivity contribution in [2.24, 2.45) is 7.05 Å². The van der Waals surface area contributed by atoms with Crippen LogP contribution in [0.1, 0.15) is 35.4 Å². The molecule has 2 aliphatic rings. The highest BCUT2D eigenvalue weighted by atomic mass is 32.2. The Hall–Kier alpha value is -1.86. The molecule has 2 heterocycles. The number of nitrogens with zero attached hydrogens (tertiary/aromatic N) is 4. The summed E-state index contributed by atoms with van der Waals surface area (Å²) in [4.78, 5) is 15.1. The summed E-state index contributed by atoms with van der Waals surface area (Å²) >= 11 is 1.49. The molecule has 1 saturated heterocycles. The number of aromatic nitrogens is 3. The highest BCUT2D eigenvalue weighted by Crippen LogP contribution is 2.41. The van der Waals surface area contributed by atoms with Crippen LogP contribution in [0.3, 0.4) is 0 Å². The van der Waals surface area contributed by atoms with Gasteiger partial charge in [0.25, 0.3) is 0 Å². The molecule has 0 spiro atoms. The van der Waals surface area contributed by atoms with Gasteiger partial charge in [0.2, 0.25) is 5.91 Å². The van der Waals surface area contributed by atoms with E-state index in [2.05, 4.69) is 10.2 Å². The zero-order valence-electron chi connectivity index (χ0n) is 14.3. The van der Waals surface area contributed by atoms with E-state index in [1.807, 2.05) is 46.8 Å². The molecule has 6 nitrogen and oxygen atoms in total. The molecule has 25 heavy (non-hydrogen) atoms. The molecule has 0 radical (unpaired) electrons. The van der Waals surface area contributed by atoms with Gasteiger partial charge in [-0.25, -0.2) is 0 Å². The van der Waals surface area contributed by atoms with Crippen LogP contribution in [0.5, 0.6) is 0 Å². The molecule has 0 N–H and O–H groups in total. The Balaban J connectivity index is 1.60. The highest BCUT2D eigenvalue weighted by Gasteiger charge is 2.32. The summed E-state index contributed by atoms with van der Waals surface area (Å²) in [5.41, 5.74) is 1.000. The average molecular weight is 358 g/mol. The number of morpholine rings is 1. The van der Waals surface area contributed by atoms with Crippen molar-refractivity contribution in [2.75, 3.05) is 26.3 Å². The zero-order chi connectivity index (χ0) is 17.2. The average Bonchev–Trinajstić information content (AvgIpc) is 3.44. The van der Waals surface area contributed by atoms with Crippen molar-refractivity contribution in [3.63, 3.8) is 0 Å². The molecule has 1 atom stereocenters. The second-order valence-electron chi connectivity index (χ2n) is 6.52. The number of hydrogen-bond acceptors (Lipinski definition) is 5. The van der Waals surface area contributed by atoms with Gasteiger partial charge in [0.05, 0.1) is 13.2 Å². The molecule has 7 heteroatoms. The molecule has 1 aromatic heterocycles. The topological polar surface area (TPSA) is 60.2 Å². The van der Waals surface area contributed by atoms with Crippen LogP contribution in [0, 0.1) is 0 Å². The number of carbonyl (C=O) groups is 1. The summed E-state index contributed by atoms with van der Waals surface area (Å²) in [7, 11) is 2.00. The summed E-state index contributed by atoms with van der Waals surface area (Å²) in [5, 5.41) is 9.19. The minimum absolute atomic E-state index is 0.121. The minimum atomic E-state index is -0.311. The van der Waals surface area contributed by atoms with E-state index < -0.39 is 0 Å². The molecular formula is C18H22N4O2S. The fourth-order valence-electron chi connectivity index (χ4n) is 3.07. The van der Waals surface area contributed by atoms with Crippen molar-refractivity contribution in [1.82, 2.24) is 19.7 Å². The molecule has 1 saturated carbocycles. The molecule has 1 aromatic carbocycles. The molecule has 2 aromatic rings. The number of ether oxygens (including phenoxy) is 1. The summed E-state index contributed by atoms with van der Waals surface area (Å²) in [6.07, 6.45) is 2.37. The SMILES string of the molecule is Cn1c(S[C@@H](C(=O)N2CCOCC2)c2ccccc2)nnc1C1CC1. The molecule has 0 unspecified atom stereocenters. The molecule has 2 fully saturated rings. The molecule has 1 aliphatic carbocycles. The van der Waals surface area contributed by atoms with E-state index in [0.717, 1.165) is 16.5 Å². The van der Waals surface area contributed by atoms with Crippen LogP contribution in [0.15, 0.2) is 35.5 Å². The van der Waals surface area contributed by atoms with Gasteiger partial charge in [0.15, 0.2) is 5.16 Å². The summed E-state index contributed by atoms with van der Waals surface area (Å²) < 4.78 is 7.43. The number of hydrogen-bond donors (Lipinski definition) is 0. The summed E-state index contributed by atoms with van der Waals surface area (Å²) in [6, 6.07) is 9.93. The fourth-order valence-corrected chi connectivity index (χ4v) is 4.16. The number of carbonyl (C=O) groups excluding carboxylic acids is 1. The van der Waals surface area contributed by atoms with Crippen molar-refractivity contribution >= 4 is 17.7 Å². The number of amides is 1. The lowest BCUT2D eigenvalue weighted by molar-refractivity contribution is -0.134. The molecule has 1 aliphatic heterocycles. The van der Waals surface area contributed by atoms with Crippen LogP contribution in [0.4, 0.5) is 0 Å². The lowest BCUT2D eigenvalue weighted by atomic mass is 10.1. The molecule has 4 rings (SSSR count). The van der Waals surface area contributed by atoms with Gasteiger partial charge in [-0.2, -0.15) is 0 Å². The predicted octanol–water partition coefficient (Wildman–Crippen LogP) is 2.38. The van der Waals surface area contributed by atoms with Gasteiger partial charge in [-0.05, 0) is 18.4 Å². The number of thioether (sulfide) groups is 1. The predicted molar refractivity (Wildman–Crippen MR) is 95.4 cm³/mol. The van der Waals surface area contributed by atoms with Crippen molar-refractivity contribution in [3.05, 3.63) is 41.7 Å². The third kappa shape index (κ3) is 3.57. The largest absolute Gasteiger partial charge is 0.378 e. The lowest BCUT2D eigenvalue weighted by Gasteiger charge is -2.30. The van der Waals surface area contributed by atoms with Gasteiger partial charge in [-0.1, -0.05) is 42.1 Å². The van der Waals surface area contributed by atoms with Crippen molar-refractivity contribution in [3.8, 4) is 0 Å². The Morgan fingerprint density at radius 3 is 2.60 bits per heavy atom. The van der Waals surface area contributed by atoms with Crippen LogP contribution in [-0.4, -0.2) is 51.9 Å². The van der Waals surface area contributed by atoms with Gasteiger partial charge in [-0.15, -0.1) is 10.2 Å². The molecule has 0 bridgehead atoms. The Morgan fingerprint density at radius 1 is 1.20 bits per heavy atom. The number of benzene rings is 1. The van der Waals surface area contributed by atoms with Crippen LogP contribution in [-0.2, 0) is 16.6 Å². The zero-order valence-corrected chi connectivity index (χ0v) is 15.1. The Kier molecular flexibility index (Phi) is 4.76. The maximum absolute atomic E-state index is 13.2. The van der Waals surface area contributed by atoms with E-state index in [9.17, 15) is 4.79 Å². The standard InChI is InChI=1S/C18H22N4O2S/c1-21-16(14-7-8-14)19-20-18(21)25-15(13-5-3-2-4-6-13)17(23)22-9-11-24-12-10-22/h2-6,14-15H,7-12H2,1H3/t15-/m1/s1. The minimum Gasteiger partial charge on any atom is -0.378 e. The van der Waals surface area contributed by atoms with E-state index >= 15 is 0 Å². The first-order valence-corrected chi connectivity index (χ1v) is 9.59. The third-order valence-electron chi connectivity index (χ3n) is 4.68. The van der Waals surface area contributed by atoms with Gasteiger partial charge in [0, 0.05) is 26.1 Å². The van der Waals surface area contributed by atoms with Gasteiger partial charge < -0.3 is 14.2 Å². The van der Waals surface area contributed by atoms with E-state index in [1.165, 1.54) is 24.6 Å². The second-order valence-corrected chi connectivity index (χ2v) is 7.59. The second kappa shape index (κ2) is 7.17. The number of rotatable bonds is 5. The first-order chi connectivity index (χ1) is 12.2. The Morgan fingerprint density at radius 2 is 1.92 bits per heavy atom. The van der Waals surface area contributed by atoms with Crippen LogP contribution in [0.25, 0.3) is 0 Å². The van der Waals surface area contributed by atoms with Crippen molar-refractivity contribution in [1.29, 1.82) is 0 Å². The smallest absolute Gasteiger partial charge is 0.240 e. The van der Waals surface area contributed by atoms with Gasteiger partial charge in [0.1, 0.15) is 11.1 Å². The van der Waals surface area contributed by atoms with E-state index in [0.29, 0.717) is 32.2 Å². The molecular weight excluding hydrogens is 336 g/mol. The van der Waals surface area contributed by atoms with Crippen molar-refractivity contribution in [2.45, 2.75) is 29.2 Å². The molecule has 1 amide bonds. The van der Waals surface area contributed by atoms with Crippen LogP contribution < -0.4 is 0 Å². The van der Waals surface area contributed by atoms with Gasteiger partial charge in [-0.3, -0.25) is 4.79 Å². The summed E-state index contributed by atoms with van der Waals surface area (Å²) in [6.45, 7) is 2.51. The summed E-state index contributed by atoms with van der Waals surface area (Å²) in [5.74, 6) is 1.69.